The van der Waals surface area contributed by atoms with Crippen LogP contribution in [-0.4, -0.2) is 6.54 Å². The molecule has 0 aromatic heterocycles. The normalized spacial score (nSPS) is 14.2. The molecule has 0 fully saturated rings. The van der Waals surface area contributed by atoms with Gasteiger partial charge in [-0.1, -0.05) is 61.9 Å². The molecular formula is C19H19NS. The molecule has 0 N–H and O–H groups in total. The van der Waals surface area contributed by atoms with Gasteiger partial charge in [-0.15, -0.1) is 0 Å². The van der Waals surface area contributed by atoms with Gasteiger partial charge < -0.3 is 4.31 Å². The Morgan fingerprint density at radius 1 is 1.19 bits per heavy atom. The van der Waals surface area contributed by atoms with Gasteiger partial charge >= 0.3 is 0 Å². The molecule has 0 spiro atoms. The SMILES string of the molecule is C=C/C(=C\C)c1cc(-c2ccccc2)cc2c1N(S)CC2. The molecule has 1 aliphatic rings. The van der Waals surface area contributed by atoms with Crippen LogP contribution in [0.1, 0.15) is 18.1 Å². The fourth-order valence-corrected chi connectivity index (χ4v) is 3.26. The Hall–Kier alpha value is -1.93. The average molecular weight is 293 g/mol. The molecule has 1 heterocycles. The zero-order chi connectivity index (χ0) is 14.8. The number of rotatable bonds is 3. The predicted molar refractivity (Wildman–Crippen MR) is 95.8 cm³/mol. The van der Waals surface area contributed by atoms with Crippen molar-refractivity contribution in [1.29, 1.82) is 0 Å². The highest BCUT2D eigenvalue weighted by molar-refractivity contribution is 7.81. The lowest BCUT2D eigenvalue weighted by molar-refractivity contribution is 1.06. The minimum absolute atomic E-state index is 0.956. The molecule has 106 valence electrons. The number of anilines is 1. The summed E-state index contributed by atoms with van der Waals surface area (Å²) in [4.78, 5) is 0. The highest BCUT2D eigenvalue weighted by Gasteiger charge is 2.22. The highest BCUT2D eigenvalue weighted by atomic mass is 32.1. The van der Waals surface area contributed by atoms with Crippen molar-refractivity contribution >= 4 is 24.1 Å². The molecule has 2 aromatic carbocycles. The number of hydrogen-bond donors (Lipinski definition) is 1. The highest BCUT2D eigenvalue weighted by Crippen LogP contribution is 2.40. The number of benzene rings is 2. The first-order valence-corrected chi connectivity index (χ1v) is 7.62. The van der Waals surface area contributed by atoms with Crippen molar-refractivity contribution in [1.82, 2.24) is 0 Å². The quantitative estimate of drug-likeness (QED) is 0.605. The van der Waals surface area contributed by atoms with E-state index in [-0.39, 0.29) is 0 Å². The summed E-state index contributed by atoms with van der Waals surface area (Å²) in [6.07, 6.45) is 5.07. The largest absolute Gasteiger partial charge is 0.318 e. The molecule has 0 radical (unpaired) electrons. The van der Waals surface area contributed by atoms with Gasteiger partial charge in [-0.05, 0) is 47.7 Å². The number of allylic oxidation sites excluding steroid dienone is 3. The number of thiol groups is 1. The van der Waals surface area contributed by atoms with E-state index >= 15 is 0 Å². The molecule has 0 aliphatic carbocycles. The van der Waals surface area contributed by atoms with Gasteiger partial charge in [0.25, 0.3) is 0 Å². The van der Waals surface area contributed by atoms with E-state index in [1.54, 1.807) is 0 Å². The van der Waals surface area contributed by atoms with Gasteiger partial charge in [0.05, 0.1) is 5.69 Å². The zero-order valence-electron chi connectivity index (χ0n) is 12.2. The van der Waals surface area contributed by atoms with Crippen LogP contribution in [-0.2, 0) is 6.42 Å². The van der Waals surface area contributed by atoms with Crippen molar-refractivity contribution in [3.8, 4) is 11.1 Å². The monoisotopic (exact) mass is 293 g/mol. The van der Waals surface area contributed by atoms with Crippen molar-refractivity contribution < 1.29 is 0 Å². The van der Waals surface area contributed by atoms with Crippen LogP contribution < -0.4 is 4.31 Å². The van der Waals surface area contributed by atoms with Crippen LogP contribution in [0, 0.1) is 0 Å². The van der Waals surface area contributed by atoms with Crippen molar-refractivity contribution in [3.63, 3.8) is 0 Å². The molecule has 1 aliphatic heterocycles. The minimum atomic E-state index is 0.956. The molecule has 1 nitrogen and oxygen atoms in total. The summed E-state index contributed by atoms with van der Waals surface area (Å²) in [5.74, 6) is 0. The van der Waals surface area contributed by atoms with Crippen LogP contribution in [0.4, 0.5) is 5.69 Å². The summed E-state index contributed by atoms with van der Waals surface area (Å²) < 4.78 is 2.05. The summed E-state index contributed by atoms with van der Waals surface area (Å²) in [6.45, 7) is 6.96. The third-order valence-electron chi connectivity index (χ3n) is 3.99. The molecule has 0 atom stereocenters. The van der Waals surface area contributed by atoms with Gasteiger partial charge in [0.2, 0.25) is 0 Å². The molecule has 3 rings (SSSR count). The Kier molecular flexibility index (Phi) is 3.89. The summed E-state index contributed by atoms with van der Waals surface area (Å²) in [5, 5.41) is 0. The van der Waals surface area contributed by atoms with Crippen molar-refractivity contribution in [3.05, 3.63) is 72.3 Å². The van der Waals surface area contributed by atoms with Crippen LogP contribution in [0.5, 0.6) is 0 Å². The van der Waals surface area contributed by atoms with Gasteiger partial charge in [-0.25, -0.2) is 0 Å². The van der Waals surface area contributed by atoms with Gasteiger partial charge in [0.15, 0.2) is 0 Å². The molecule has 0 bridgehead atoms. The Morgan fingerprint density at radius 3 is 2.62 bits per heavy atom. The van der Waals surface area contributed by atoms with E-state index in [9.17, 15) is 0 Å². The molecule has 21 heavy (non-hydrogen) atoms. The predicted octanol–water partition coefficient (Wildman–Crippen LogP) is 5.15. The van der Waals surface area contributed by atoms with E-state index in [0.717, 1.165) is 18.5 Å². The fourth-order valence-electron chi connectivity index (χ4n) is 2.93. The van der Waals surface area contributed by atoms with E-state index in [2.05, 4.69) is 68.8 Å². The average Bonchev–Trinajstić information content (AvgIpc) is 2.91. The maximum atomic E-state index is 4.61. The third-order valence-corrected chi connectivity index (χ3v) is 4.39. The Labute approximate surface area is 132 Å². The summed E-state index contributed by atoms with van der Waals surface area (Å²) in [7, 11) is 0. The summed E-state index contributed by atoms with van der Waals surface area (Å²) in [5.41, 5.74) is 7.47. The molecule has 2 heteroatoms. The maximum Gasteiger partial charge on any atom is 0.0578 e. The van der Waals surface area contributed by atoms with Gasteiger partial charge in [-0.3, -0.25) is 0 Å². The number of nitrogens with zero attached hydrogens (tertiary/aromatic N) is 1. The maximum absolute atomic E-state index is 4.61. The summed E-state index contributed by atoms with van der Waals surface area (Å²) in [6, 6.07) is 15.1. The second-order valence-corrected chi connectivity index (χ2v) is 5.70. The third kappa shape index (κ3) is 2.52. The van der Waals surface area contributed by atoms with Crippen molar-refractivity contribution in [2.45, 2.75) is 13.3 Å². The van der Waals surface area contributed by atoms with Gasteiger partial charge in [0, 0.05) is 12.1 Å². The number of hydrogen-bond acceptors (Lipinski definition) is 2. The van der Waals surface area contributed by atoms with Gasteiger partial charge in [-0.2, -0.15) is 0 Å². The fraction of sp³-hybridized carbons (Fsp3) is 0.158. The van der Waals surface area contributed by atoms with Crippen LogP contribution in [0.3, 0.4) is 0 Å². The molecule has 2 aromatic rings. The number of fused-ring (bicyclic) bond motifs is 1. The van der Waals surface area contributed by atoms with E-state index in [1.165, 1.54) is 27.9 Å². The van der Waals surface area contributed by atoms with Crippen LogP contribution in [0.25, 0.3) is 16.7 Å². The molecule has 0 saturated heterocycles. The van der Waals surface area contributed by atoms with E-state index in [1.807, 2.05) is 16.4 Å². The van der Waals surface area contributed by atoms with Gasteiger partial charge in [0.1, 0.15) is 0 Å². The standard InChI is InChI=1S/C19H19NS/c1-3-14(4-2)18-13-17(15-8-6-5-7-9-15)12-16-10-11-20(21)19(16)18/h3-9,12-13,21H,1,10-11H2,2H3/b14-4+. The first-order valence-electron chi connectivity index (χ1n) is 7.22. The molecule has 0 amide bonds. The lowest BCUT2D eigenvalue weighted by Gasteiger charge is -2.18. The Morgan fingerprint density at radius 2 is 1.95 bits per heavy atom. The lowest BCUT2D eigenvalue weighted by atomic mass is 9.94. The molecule has 0 saturated carbocycles. The first kappa shape index (κ1) is 14.0. The van der Waals surface area contributed by atoms with Crippen LogP contribution in [0.15, 0.2) is 61.2 Å². The van der Waals surface area contributed by atoms with E-state index < -0.39 is 0 Å². The second-order valence-electron chi connectivity index (χ2n) is 5.22. The van der Waals surface area contributed by atoms with Crippen molar-refractivity contribution in [2.75, 3.05) is 10.8 Å². The van der Waals surface area contributed by atoms with E-state index in [4.69, 9.17) is 0 Å². The van der Waals surface area contributed by atoms with E-state index in [0.29, 0.717) is 0 Å². The molecule has 0 unspecified atom stereocenters. The van der Waals surface area contributed by atoms with Crippen LogP contribution in [0.2, 0.25) is 0 Å². The Balaban J connectivity index is 2.23. The smallest absolute Gasteiger partial charge is 0.0578 e. The topological polar surface area (TPSA) is 3.24 Å². The Bertz CT molecular complexity index is 701. The summed E-state index contributed by atoms with van der Waals surface area (Å²) >= 11 is 4.61. The van der Waals surface area contributed by atoms with Crippen molar-refractivity contribution in [2.24, 2.45) is 0 Å². The van der Waals surface area contributed by atoms with Crippen LogP contribution >= 0.6 is 12.8 Å². The lowest BCUT2D eigenvalue weighted by Crippen LogP contribution is -2.06. The minimum Gasteiger partial charge on any atom is -0.318 e. The molecular weight excluding hydrogens is 274 g/mol. The second kappa shape index (κ2) is 5.82. The first-order chi connectivity index (χ1) is 10.2. The zero-order valence-corrected chi connectivity index (χ0v) is 13.1.